The van der Waals surface area contributed by atoms with Crippen LogP contribution in [-0.2, 0) is 10.2 Å². The summed E-state index contributed by atoms with van der Waals surface area (Å²) in [5.41, 5.74) is 1.72. The minimum absolute atomic E-state index is 0.459. The molecule has 1 atom stereocenters. The molecule has 22 heavy (non-hydrogen) atoms. The summed E-state index contributed by atoms with van der Waals surface area (Å²) in [6, 6.07) is 16.3. The first kappa shape index (κ1) is 16.5. The van der Waals surface area contributed by atoms with E-state index >= 15 is 0 Å². The minimum atomic E-state index is -3.56. The quantitative estimate of drug-likeness (QED) is 0.887. The van der Waals surface area contributed by atoms with E-state index in [1.165, 1.54) is 14.1 Å². The Morgan fingerprint density at radius 3 is 2.00 bits per heavy atom. The maximum atomic E-state index is 12.2. The fraction of sp³-hybridized carbons (Fsp3) is 0.250. The largest absolute Gasteiger partial charge is 0.497 e. The lowest BCUT2D eigenvalue weighted by Gasteiger charge is -2.22. The number of nitrogens with one attached hydrogen (secondary N) is 1. The maximum absolute atomic E-state index is 12.2. The predicted molar refractivity (Wildman–Crippen MR) is 87.0 cm³/mol. The van der Waals surface area contributed by atoms with Crippen LogP contribution in [0.5, 0.6) is 5.75 Å². The maximum Gasteiger partial charge on any atom is 0.279 e. The van der Waals surface area contributed by atoms with E-state index in [2.05, 4.69) is 4.72 Å². The van der Waals surface area contributed by atoms with Crippen LogP contribution in [0.1, 0.15) is 17.2 Å². The fourth-order valence-corrected chi connectivity index (χ4v) is 2.81. The molecule has 0 saturated carbocycles. The first-order chi connectivity index (χ1) is 10.4. The molecule has 0 bridgehead atoms. The molecule has 1 N–H and O–H groups in total. The zero-order valence-electron chi connectivity index (χ0n) is 12.9. The highest BCUT2D eigenvalue weighted by Gasteiger charge is 2.22. The second-order valence-corrected chi connectivity index (χ2v) is 6.94. The highest BCUT2D eigenvalue weighted by Crippen LogP contribution is 2.25. The number of hydrogen-bond donors (Lipinski definition) is 1. The highest BCUT2D eigenvalue weighted by atomic mass is 32.2. The molecule has 6 heteroatoms. The molecule has 118 valence electrons. The van der Waals surface area contributed by atoms with Crippen LogP contribution in [-0.4, -0.2) is 33.9 Å². The van der Waals surface area contributed by atoms with Crippen molar-refractivity contribution in [2.75, 3.05) is 21.2 Å². The SMILES string of the molecule is COc1ccc([C@@H](NS(=O)(=O)N(C)C)c2ccccc2)cc1. The van der Waals surface area contributed by atoms with Gasteiger partial charge in [-0.3, -0.25) is 0 Å². The molecule has 0 aromatic heterocycles. The van der Waals surface area contributed by atoms with Gasteiger partial charge in [0.15, 0.2) is 0 Å². The van der Waals surface area contributed by atoms with Crippen molar-refractivity contribution < 1.29 is 13.2 Å². The van der Waals surface area contributed by atoms with Crippen LogP contribution in [0, 0.1) is 0 Å². The van der Waals surface area contributed by atoms with Crippen LogP contribution in [0.25, 0.3) is 0 Å². The first-order valence-corrected chi connectivity index (χ1v) is 8.26. The number of methoxy groups -OCH3 is 1. The Kier molecular flexibility index (Phi) is 5.18. The third kappa shape index (κ3) is 3.85. The van der Waals surface area contributed by atoms with Gasteiger partial charge in [-0.05, 0) is 23.3 Å². The molecular weight excluding hydrogens is 300 g/mol. The average Bonchev–Trinajstić information content (AvgIpc) is 2.53. The molecule has 0 aliphatic heterocycles. The van der Waals surface area contributed by atoms with Gasteiger partial charge in [0.05, 0.1) is 13.2 Å². The van der Waals surface area contributed by atoms with Crippen molar-refractivity contribution in [2.24, 2.45) is 0 Å². The zero-order chi connectivity index (χ0) is 16.2. The van der Waals surface area contributed by atoms with Gasteiger partial charge in [-0.2, -0.15) is 17.4 Å². The molecule has 0 aliphatic carbocycles. The van der Waals surface area contributed by atoms with Gasteiger partial charge in [-0.1, -0.05) is 42.5 Å². The van der Waals surface area contributed by atoms with Gasteiger partial charge < -0.3 is 4.74 Å². The molecule has 2 aromatic carbocycles. The average molecular weight is 320 g/mol. The smallest absolute Gasteiger partial charge is 0.279 e. The molecule has 0 aliphatic rings. The molecule has 0 amide bonds. The van der Waals surface area contributed by atoms with Gasteiger partial charge in [0.25, 0.3) is 10.2 Å². The summed E-state index contributed by atoms with van der Waals surface area (Å²) in [6.45, 7) is 0. The Bertz CT molecular complexity index is 698. The molecular formula is C16H20N2O3S. The van der Waals surface area contributed by atoms with E-state index in [1.807, 2.05) is 54.6 Å². The second-order valence-electron chi connectivity index (χ2n) is 5.02. The second kappa shape index (κ2) is 6.91. The zero-order valence-corrected chi connectivity index (χ0v) is 13.7. The summed E-state index contributed by atoms with van der Waals surface area (Å²) in [5.74, 6) is 0.728. The van der Waals surface area contributed by atoms with Crippen LogP contribution >= 0.6 is 0 Å². The minimum Gasteiger partial charge on any atom is -0.497 e. The van der Waals surface area contributed by atoms with E-state index < -0.39 is 16.3 Å². The van der Waals surface area contributed by atoms with Crippen LogP contribution in [0.3, 0.4) is 0 Å². The van der Waals surface area contributed by atoms with Gasteiger partial charge in [-0.15, -0.1) is 0 Å². The van der Waals surface area contributed by atoms with Gasteiger partial charge in [-0.25, -0.2) is 0 Å². The van der Waals surface area contributed by atoms with E-state index in [0.29, 0.717) is 0 Å². The molecule has 2 rings (SSSR count). The molecule has 5 nitrogen and oxygen atoms in total. The monoisotopic (exact) mass is 320 g/mol. The van der Waals surface area contributed by atoms with Crippen molar-refractivity contribution in [1.29, 1.82) is 0 Å². The first-order valence-electron chi connectivity index (χ1n) is 6.82. The van der Waals surface area contributed by atoms with E-state index in [4.69, 9.17) is 4.74 Å². The Hall–Kier alpha value is -1.89. The lowest BCUT2D eigenvalue weighted by atomic mass is 10.00. The van der Waals surface area contributed by atoms with Crippen molar-refractivity contribution in [3.8, 4) is 5.75 Å². The molecule has 0 saturated heterocycles. The summed E-state index contributed by atoms with van der Waals surface area (Å²) in [6.07, 6.45) is 0. The summed E-state index contributed by atoms with van der Waals surface area (Å²) in [7, 11) is 1.04. The number of rotatable bonds is 6. The number of benzene rings is 2. The highest BCUT2D eigenvalue weighted by molar-refractivity contribution is 7.87. The molecule has 0 unspecified atom stereocenters. The van der Waals surface area contributed by atoms with E-state index in [-0.39, 0.29) is 0 Å². The summed E-state index contributed by atoms with van der Waals surface area (Å²) in [5, 5.41) is 0. The number of nitrogens with zero attached hydrogens (tertiary/aromatic N) is 1. The Balaban J connectivity index is 2.41. The standard InChI is InChI=1S/C16H20N2O3S/c1-18(2)22(19,20)17-16(13-7-5-4-6-8-13)14-9-11-15(21-3)12-10-14/h4-12,16-17H,1-3H3/t16-/m0/s1. The molecule has 0 heterocycles. The Morgan fingerprint density at radius 2 is 1.50 bits per heavy atom. The van der Waals surface area contributed by atoms with Crippen molar-refractivity contribution in [3.63, 3.8) is 0 Å². The third-order valence-electron chi connectivity index (χ3n) is 3.33. The van der Waals surface area contributed by atoms with Crippen molar-refractivity contribution in [2.45, 2.75) is 6.04 Å². The molecule has 2 aromatic rings. The van der Waals surface area contributed by atoms with Gasteiger partial charge in [0, 0.05) is 14.1 Å². The van der Waals surface area contributed by atoms with Gasteiger partial charge in [0.1, 0.15) is 5.75 Å². The lowest BCUT2D eigenvalue weighted by Crippen LogP contribution is -2.38. The van der Waals surface area contributed by atoms with E-state index in [0.717, 1.165) is 21.2 Å². The van der Waals surface area contributed by atoms with Crippen LogP contribution < -0.4 is 9.46 Å². The summed E-state index contributed by atoms with van der Waals surface area (Å²) < 4.78 is 33.4. The Labute approximate surface area is 131 Å². The predicted octanol–water partition coefficient (Wildman–Crippen LogP) is 2.18. The molecule has 0 spiro atoms. The van der Waals surface area contributed by atoms with Crippen LogP contribution in [0.4, 0.5) is 0 Å². The van der Waals surface area contributed by atoms with E-state index in [9.17, 15) is 8.42 Å². The van der Waals surface area contributed by atoms with Crippen LogP contribution in [0.15, 0.2) is 54.6 Å². The number of hydrogen-bond acceptors (Lipinski definition) is 3. The van der Waals surface area contributed by atoms with Crippen molar-refractivity contribution in [1.82, 2.24) is 9.03 Å². The topological polar surface area (TPSA) is 58.6 Å². The van der Waals surface area contributed by atoms with Gasteiger partial charge >= 0.3 is 0 Å². The molecule has 0 fully saturated rings. The fourth-order valence-electron chi connectivity index (χ4n) is 2.02. The number of ether oxygens (including phenoxy) is 1. The summed E-state index contributed by atoms with van der Waals surface area (Å²) in [4.78, 5) is 0. The Morgan fingerprint density at radius 1 is 0.955 bits per heavy atom. The summed E-state index contributed by atoms with van der Waals surface area (Å²) >= 11 is 0. The van der Waals surface area contributed by atoms with E-state index in [1.54, 1.807) is 7.11 Å². The van der Waals surface area contributed by atoms with Crippen molar-refractivity contribution >= 4 is 10.2 Å². The van der Waals surface area contributed by atoms with Crippen LogP contribution in [0.2, 0.25) is 0 Å². The van der Waals surface area contributed by atoms with Gasteiger partial charge in [0.2, 0.25) is 0 Å². The lowest BCUT2D eigenvalue weighted by molar-refractivity contribution is 0.414. The normalized spacial score (nSPS) is 13.1. The molecule has 0 radical (unpaired) electrons. The van der Waals surface area contributed by atoms with Crippen molar-refractivity contribution in [3.05, 3.63) is 65.7 Å². The third-order valence-corrected chi connectivity index (χ3v) is 4.82.